The Balaban J connectivity index is 2.40. The van der Waals surface area contributed by atoms with Crippen molar-refractivity contribution in [2.45, 2.75) is 58.8 Å². The third-order valence-electron chi connectivity index (χ3n) is 3.38. The molecule has 0 aromatic carbocycles. The number of hydrogen-bond acceptors (Lipinski definition) is 2. The van der Waals surface area contributed by atoms with Crippen molar-refractivity contribution in [3.05, 3.63) is 30.1 Å². The Bertz CT molecular complexity index is 334. The lowest BCUT2D eigenvalue weighted by Gasteiger charge is -2.14. The highest BCUT2D eigenvalue weighted by atomic mass is 16.1. The first-order chi connectivity index (χ1) is 8.77. The Morgan fingerprint density at radius 2 is 2.11 bits per heavy atom. The Morgan fingerprint density at radius 1 is 1.28 bits per heavy atom. The van der Waals surface area contributed by atoms with E-state index in [1.54, 1.807) is 6.20 Å². The van der Waals surface area contributed by atoms with Crippen LogP contribution in [-0.4, -0.2) is 10.8 Å². The first-order valence-corrected chi connectivity index (χ1v) is 7.19. The van der Waals surface area contributed by atoms with Gasteiger partial charge < -0.3 is 0 Å². The summed E-state index contributed by atoms with van der Waals surface area (Å²) in [5.41, 5.74) is 1.16. The summed E-state index contributed by atoms with van der Waals surface area (Å²) >= 11 is 0. The summed E-state index contributed by atoms with van der Waals surface area (Å²) in [4.78, 5) is 16.3. The Hall–Kier alpha value is -1.18. The zero-order chi connectivity index (χ0) is 13.2. The van der Waals surface area contributed by atoms with Gasteiger partial charge in [0.25, 0.3) is 0 Å². The summed E-state index contributed by atoms with van der Waals surface area (Å²) in [5, 5.41) is 0. The number of carbonyl (C=O) groups is 1. The van der Waals surface area contributed by atoms with E-state index >= 15 is 0 Å². The number of carbonyl (C=O) groups excluding carboxylic acids is 1. The number of hydrogen-bond donors (Lipinski definition) is 0. The van der Waals surface area contributed by atoms with Crippen LogP contribution in [0.2, 0.25) is 0 Å². The SMILES string of the molecule is CCCCC(CCC)C(=O)CCc1cccnc1. The molecule has 0 aliphatic heterocycles. The van der Waals surface area contributed by atoms with Gasteiger partial charge in [0.2, 0.25) is 0 Å². The van der Waals surface area contributed by atoms with Gasteiger partial charge in [0, 0.05) is 24.7 Å². The number of Topliss-reactive ketones (excluding diaryl/α,β-unsaturated/α-hetero) is 1. The second-order valence-electron chi connectivity index (χ2n) is 4.96. The molecule has 0 N–H and O–H groups in total. The average Bonchev–Trinajstić information content (AvgIpc) is 2.42. The zero-order valence-electron chi connectivity index (χ0n) is 11.7. The van der Waals surface area contributed by atoms with Crippen LogP contribution in [0.5, 0.6) is 0 Å². The van der Waals surface area contributed by atoms with E-state index in [1.165, 1.54) is 12.8 Å². The molecule has 2 heteroatoms. The van der Waals surface area contributed by atoms with Crippen molar-refractivity contribution in [2.75, 3.05) is 0 Å². The lowest BCUT2D eigenvalue weighted by atomic mass is 9.90. The predicted molar refractivity (Wildman–Crippen MR) is 75.5 cm³/mol. The standard InChI is InChI=1S/C16H25NO/c1-3-5-9-15(7-4-2)16(18)11-10-14-8-6-12-17-13-14/h6,8,12-13,15H,3-5,7,9-11H2,1-2H3. The fourth-order valence-corrected chi connectivity index (χ4v) is 2.28. The van der Waals surface area contributed by atoms with Crippen molar-refractivity contribution < 1.29 is 4.79 Å². The first-order valence-electron chi connectivity index (χ1n) is 7.19. The molecule has 0 aliphatic carbocycles. The van der Waals surface area contributed by atoms with Crippen LogP contribution in [0.1, 0.15) is 57.9 Å². The van der Waals surface area contributed by atoms with Crippen LogP contribution in [0, 0.1) is 5.92 Å². The monoisotopic (exact) mass is 247 g/mol. The van der Waals surface area contributed by atoms with Crippen LogP contribution in [0.3, 0.4) is 0 Å². The molecule has 1 heterocycles. The Labute approximate surface area is 111 Å². The Kier molecular flexibility index (Phi) is 7.31. The smallest absolute Gasteiger partial charge is 0.136 e. The zero-order valence-corrected chi connectivity index (χ0v) is 11.7. The Morgan fingerprint density at radius 3 is 2.72 bits per heavy atom. The fraction of sp³-hybridized carbons (Fsp3) is 0.625. The number of aromatic nitrogens is 1. The van der Waals surface area contributed by atoms with Gasteiger partial charge in [-0.25, -0.2) is 0 Å². The fourth-order valence-electron chi connectivity index (χ4n) is 2.28. The van der Waals surface area contributed by atoms with E-state index in [4.69, 9.17) is 0 Å². The molecule has 0 saturated carbocycles. The van der Waals surface area contributed by atoms with Crippen LogP contribution in [0.4, 0.5) is 0 Å². The highest BCUT2D eigenvalue weighted by Crippen LogP contribution is 2.18. The number of pyridine rings is 1. The molecule has 1 rings (SSSR count). The molecule has 1 unspecified atom stereocenters. The lowest BCUT2D eigenvalue weighted by Crippen LogP contribution is -2.15. The second-order valence-corrected chi connectivity index (χ2v) is 4.96. The highest BCUT2D eigenvalue weighted by Gasteiger charge is 2.16. The average molecular weight is 247 g/mol. The predicted octanol–water partition coefficient (Wildman–Crippen LogP) is 4.19. The molecule has 1 aromatic heterocycles. The van der Waals surface area contributed by atoms with Gasteiger partial charge in [-0.15, -0.1) is 0 Å². The molecule has 0 fully saturated rings. The molecule has 0 saturated heterocycles. The maximum Gasteiger partial charge on any atom is 0.136 e. The summed E-state index contributed by atoms with van der Waals surface area (Å²) in [7, 11) is 0. The van der Waals surface area contributed by atoms with E-state index in [1.807, 2.05) is 18.3 Å². The van der Waals surface area contributed by atoms with E-state index in [2.05, 4.69) is 18.8 Å². The number of ketones is 1. The van der Waals surface area contributed by atoms with Crippen molar-refractivity contribution in [3.63, 3.8) is 0 Å². The third-order valence-corrected chi connectivity index (χ3v) is 3.38. The van der Waals surface area contributed by atoms with Crippen molar-refractivity contribution in [1.82, 2.24) is 4.98 Å². The van der Waals surface area contributed by atoms with Gasteiger partial charge in [0.15, 0.2) is 0 Å². The summed E-state index contributed by atoms with van der Waals surface area (Å²) in [5.74, 6) is 0.723. The molecule has 1 atom stereocenters. The summed E-state index contributed by atoms with van der Waals surface area (Å²) in [6.07, 6.45) is 10.7. The maximum atomic E-state index is 12.2. The minimum absolute atomic E-state index is 0.284. The molecular weight excluding hydrogens is 222 g/mol. The van der Waals surface area contributed by atoms with E-state index in [0.29, 0.717) is 12.2 Å². The van der Waals surface area contributed by atoms with Crippen LogP contribution in [-0.2, 0) is 11.2 Å². The lowest BCUT2D eigenvalue weighted by molar-refractivity contribution is -0.123. The topological polar surface area (TPSA) is 30.0 Å². The van der Waals surface area contributed by atoms with Crippen molar-refractivity contribution in [2.24, 2.45) is 5.92 Å². The quantitative estimate of drug-likeness (QED) is 0.655. The molecule has 0 aliphatic rings. The van der Waals surface area contributed by atoms with Crippen molar-refractivity contribution in [1.29, 1.82) is 0 Å². The minimum Gasteiger partial charge on any atom is -0.299 e. The third kappa shape index (κ3) is 5.44. The van der Waals surface area contributed by atoms with E-state index in [9.17, 15) is 4.79 Å². The highest BCUT2D eigenvalue weighted by molar-refractivity contribution is 5.81. The van der Waals surface area contributed by atoms with Gasteiger partial charge >= 0.3 is 0 Å². The molecule has 1 aromatic rings. The van der Waals surface area contributed by atoms with E-state index in [0.717, 1.165) is 31.2 Å². The van der Waals surface area contributed by atoms with Gasteiger partial charge in [-0.05, 0) is 30.9 Å². The van der Waals surface area contributed by atoms with Crippen molar-refractivity contribution in [3.8, 4) is 0 Å². The largest absolute Gasteiger partial charge is 0.299 e. The van der Waals surface area contributed by atoms with E-state index < -0.39 is 0 Å². The second kappa shape index (κ2) is 8.84. The molecule has 2 nitrogen and oxygen atoms in total. The van der Waals surface area contributed by atoms with Crippen LogP contribution in [0.15, 0.2) is 24.5 Å². The number of aryl methyl sites for hydroxylation is 1. The molecule has 0 spiro atoms. The van der Waals surface area contributed by atoms with Gasteiger partial charge in [-0.3, -0.25) is 9.78 Å². The van der Waals surface area contributed by atoms with Gasteiger partial charge in [-0.1, -0.05) is 39.2 Å². The number of rotatable bonds is 9. The minimum atomic E-state index is 0.284. The molecule has 18 heavy (non-hydrogen) atoms. The van der Waals surface area contributed by atoms with Gasteiger partial charge in [0.1, 0.15) is 5.78 Å². The van der Waals surface area contributed by atoms with Gasteiger partial charge in [0.05, 0.1) is 0 Å². The molecule has 100 valence electrons. The molecule has 0 radical (unpaired) electrons. The van der Waals surface area contributed by atoms with Crippen LogP contribution in [0.25, 0.3) is 0 Å². The van der Waals surface area contributed by atoms with Crippen LogP contribution >= 0.6 is 0 Å². The normalized spacial score (nSPS) is 12.3. The van der Waals surface area contributed by atoms with Gasteiger partial charge in [-0.2, -0.15) is 0 Å². The van der Waals surface area contributed by atoms with Crippen molar-refractivity contribution >= 4 is 5.78 Å². The summed E-state index contributed by atoms with van der Waals surface area (Å²) < 4.78 is 0. The molecule has 0 amide bonds. The molecular formula is C16H25NO. The first kappa shape index (κ1) is 14.9. The number of unbranched alkanes of at least 4 members (excludes halogenated alkanes) is 1. The summed E-state index contributed by atoms with van der Waals surface area (Å²) in [6, 6.07) is 3.97. The van der Waals surface area contributed by atoms with Crippen LogP contribution < -0.4 is 0 Å². The maximum absolute atomic E-state index is 12.2. The van der Waals surface area contributed by atoms with E-state index in [-0.39, 0.29) is 5.92 Å². The summed E-state index contributed by atoms with van der Waals surface area (Å²) in [6.45, 7) is 4.34. The molecule has 0 bridgehead atoms. The number of nitrogens with zero attached hydrogens (tertiary/aromatic N) is 1.